The van der Waals surface area contributed by atoms with Gasteiger partial charge in [-0.25, -0.2) is 4.98 Å². The molecule has 108 valence electrons. The van der Waals surface area contributed by atoms with Gasteiger partial charge in [0.05, 0.1) is 23.3 Å². The Morgan fingerprint density at radius 1 is 1.19 bits per heavy atom. The first-order valence-corrected chi connectivity index (χ1v) is 6.42. The van der Waals surface area contributed by atoms with E-state index in [2.05, 4.69) is 15.3 Å². The van der Waals surface area contributed by atoms with Gasteiger partial charge in [0.25, 0.3) is 5.91 Å². The normalized spacial score (nSPS) is 12.8. The highest BCUT2D eigenvalue weighted by Gasteiger charge is 2.17. The Morgan fingerprint density at radius 3 is 2.57 bits per heavy atom. The number of fused-ring (bicyclic) bond motifs is 1. The smallest absolute Gasteiger partial charge is 0.275 e. The van der Waals surface area contributed by atoms with E-state index in [1.165, 1.54) is 12.4 Å². The topological polar surface area (TPSA) is 99.4 Å². The molecule has 1 aliphatic rings. The Hall–Kier alpha value is -2.83. The highest BCUT2D eigenvalue weighted by Crippen LogP contribution is 2.37. The Kier molecular flexibility index (Phi) is 3.31. The molecule has 21 heavy (non-hydrogen) atoms. The molecule has 0 saturated carbocycles. The fourth-order valence-electron chi connectivity index (χ4n) is 1.91. The fraction of sp³-hybridized carbons (Fsp3) is 0.214. The molecule has 3 rings (SSSR count). The van der Waals surface area contributed by atoms with Crippen LogP contribution in [0.3, 0.4) is 0 Å². The van der Waals surface area contributed by atoms with Gasteiger partial charge in [0, 0.05) is 18.3 Å². The van der Waals surface area contributed by atoms with Crippen LogP contribution in [0.5, 0.6) is 11.5 Å². The van der Waals surface area contributed by atoms with Crippen LogP contribution in [0.25, 0.3) is 0 Å². The zero-order chi connectivity index (χ0) is 14.8. The van der Waals surface area contributed by atoms with Crippen LogP contribution in [-0.2, 0) is 0 Å². The molecule has 7 heteroatoms. The first-order valence-electron chi connectivity index (χ1n) is 6.42. The Balaban J connectivity index is 1.84. The Bertz CT molecular complexity index is 685. The minimum absolute atomic E-state index is 0.217. The lowest BCUT2D eigenvalue weighted by molar-refractivity contribution is 0.102. The molecule has 0 radical (unpaired) electrons. The lowest BCUT2D eigenvalue weighted by atomic mass is 10.2. The molecular weight excluding hydrogens is 272 g/mol. The van der Waals surface area contributed by atoms with Crippen LogP contribution in [-0.4, -0.2) is 29.1 Å². The Labute approximate surface area is 121 Å². The number of anilines is 2. The first kappa shape index (κ1) is 13.2. The van der Waals surface area contributed by atoms with Gasteiger partial charge in [0.2, 0.25) is 0 Å². The van der Waals surface area contributed by atoms with E-state index in [1.54, 1.807) is 19.1 Å². The van der Waals surface area contributed by atoms with Crippen molar-refractivity contribution in [3.05, 3.63) is 35.9 Å². The number of hydrogen-bond donors (Lipinski definition) is 2. The molecule has 0 aliphatic carbocycles. The number of benzene rings is 1. The van der Waals surface area contributed by atoms with Crippen LogP contribution in [0.15, 0.2) is 24.5 Å². The average Bonchev–Trinajstić information content (AvgIpc) is 2.48. The third kappa shape index (κ3) is 2.71. The maximum Gasteiger partial charge on any atom is 0.275 e. The first-order chi connectivity index (χ1) is 10.1. The zero-order valence-electron chi connectivity index (χ0n) is 11.4. The van der Waals surface area contributed by atoms with E-state index in [1.807, 2.05) is 0 Å². The molecule has 0 fully saturated rings. The molecular formula is C14H14N4O3. The summed E-state index contributed by atoms with van der Waals surface area (Å²) in [5.74, 6) is 0.749. The highest BCUT2D eigenvalue weighted by atomic mass is 16.6. The number of carbonyl (C=O) groups is 1. The molecule has 1 aromatic heterocycles. The van der Waals surface area contributed by atoms with Gasteiger partial charge in [0.1, 0.15) is 18.9 Å². The number of nitrogens with two attached hydrogens (primary N) is 1. The Morgan fingerprint density at radius 2 is 1.90 bits per heavy atom. The summed E-state index contributed by atoms with van der Waals surface area (Å²) in [6.07, 6.45) is 2.95. The largest absolute Gasteiger partial charge is 0.486 e. The van der Waals surface area contributed by atoms with Gasteiger partial charge >= 0.3 is 0 Å². The number of ether oxygens (including phenoxy) is 2. The second kappa shape index (κ2) is 5.28. The minimum atomic E-state index is -0.383. The van der Waals surface area contributed by atoms with E-state index in [-0.39, 0.29) is 11.6 Å². The summed E-state index contributed by atoms with van der Waals surface area (Å²) in [6, 6.07) is 3.27. The number of rotatable bonds is 2. The lowest BCUT2D eigenvalue weighted by Gasteiger charge is -2.20. The monoisotopic (exact) mass is 286 g/mol. The van der Waals surface area contributed by atoms with Crippen LogP contribution in [0.4, 0.5) is 11.4 Å². The number of nitrogens with zero attached hydrogens (tertiary/aromatic N) is 2. The number of nitrogen functional groups attached to an aromatic ring is 1. The van der Waals surface area contributed by atoms with Gasteiger partial charge in [-0.3, -0.25) is 9.78 Å². The molecule has 0 atom stereocenters. The van der Waals surface area contributed by atoms with Crippen molar-refractivity contribution in [1.82, 2.24) is 9.97 Å². The molecule has 2 aromatic rings. The number of hydrogen-bond acceptors (Lipinski definition) is 6. The van der Waals surface area contributed by atoms with E-state index >= 15 is 0 Å². The van der Waals surface area contributed by atoms with Gasteiger partial charge in [-0.05, 0) is 6.92 Å². The van der Waals surface area contributed by atoms with Gasteiger partial charge in [0.15, 0.2) is 11.5 Å². The van der Waals surface area contributed by atoms with E-state index < -0.39 is 0 Å². The van der Waals surface area contributed by atoms with Crippen molar-refractivity contribution in [3.8, 4) is 11.5 Å². The maximum atomic E-state index is 12.1. The number of nitrogens with one attached hydrogen (secondary N) is 1. The predicted octanol–water partition coefficient (Wildman–Crippen LogP) is 1.39. The standard InChI is InChI=1S/C14H14N4O3/c1-8-6-17-11(7-16-8)14(19)18-10-5-13-12(4-9(10)15)20-2-3-21-13/h4-7H,2-3,15H2,1H3,(H,18,19). The van der Waals surface area contributed by atoms with Crippen LogP contribution in [0.1, 0.15) is 16.2 Å². The van der Waals surface area contributed by atoms with Gasteiger partial charge in [-0.2, -0.15) is 0 Å². The van der Waals surface area contributed by atoms with Crippen molar-refractivity contribution in [3.63, 3.8) is 0 Å². The van der Waals surface area contributed by atoms with Crippen molar-refractivity contribution in [2.45, 2.75) is 6.92 Å². The van der Waals surface area contributed by atoms with Gasteiger partial charge < -0.3 is 20.5 Å². The molecule has 1 aliphatic heterocycles. The molecule has 1 amide bonds. The van der Waals surface area contributed by atoms with Crippen molar-refractivity contribution >= 4 is 17.3 Å². The zero-order valence-corrected chi connectivity index (χ0v) is 11.4. The summed E-state index contributed by atoms with van der Waals surface area (Å²) in [5.41, 5.74) is 7.71. The molecule has 1 aromatic carbocycles. The predicted molar refractivity (Wildman–Crippen MR) is 76.6 cm³/mol. The van der Waals surface area contributed by atoms with Gasteiger partial charge in [-0.15, -0.1) is 0 Å². The molecule has 0 bridgehead atoms. The van der Waals surface area contributed by atoms with Crippen molar-refractivity contribution in [1.29, 1.82) is 0 Å². The van der Waals surface area contributed by atoms with E-state index in [4.69, 9.17) is 15.2 Å². The highest BCUT2D eigenvalue weighted by molar-refractivity contribution is 6.04. The number of carbonyl (C=O) groups excluding carboxylic acids is 1. The third-order valence-electron chi connectivity index (χ3n) is 2.98. The van der Waals surface area contributed by atoms with Crippen LogP contribution in [0.2, 0.25) is 0 Å². The van der Waals surface area contributed by atoms with Crippen molar-refractivity contribution < 1.29 is 14.3 Å². The second-order valence-electron chi connectivity index (χ2n) is 4.58. The van der Waals surface area contributed by atoms with E-state index in [0.29, 0.717) is 36.1 Å². The molecule has 0 spiro atoms. The van der Waals surface area contributed by atoms with E-state index in [0.717, 1.165) is 5.69 Å². The van der Waals surface area contributed by atoms with Crippen LogP contribution in [0, 0.1) is 6.92 Å². The van der Waals surface area contributed by atoms with Crippen LogP contribution < -0.4 is 20.5 Å². The minimum Gasteiger partial charge on any atom is -0.486 e. The van der Waals surface area contributed by atoms with Gasteiger partial charge in [-0.1, -0.05) is 0 Å². The summed E-state index contributed by atoms with van der Waals surface area (Å²) in [7, 11) is 0. The SMILES string of the molecule is Cc1cnc(C(=O)Nc2cc3c(cc2N)OCCO3)cn1. The maximum absolute atomic E-state index is 12.1. The summed E-state index contributed by atoms with van der Waals surface area (Å²) >= 11 is 0. The molecule has 7 nitrogen and oxygen atoms in total. The second-order valence-corrected chi connectivity index (χ2v) is 4.58. The summed E-state index contributed by atoms with van der Waals surface area (Å²) in [4.78, 5) is 20.2. The quantitative estimate of drug-likeness (QED) is 0.809. The van der Waals surface area contributed by atoms with Crippen molar-refractivity contribution in [2.24, 2.45) is 0 Å². The molecule has 0 saturated heterocycles. The summed E-state index contributed by atoms with van der Waals surface area (Å²) < 4.78 is 10.9. The summed E-state index contributed by atoms with van der Waals surface area (Å²) in [6.45, 7) is 2.75. The van der Waals surface area contributed by atoms with Crippen LogP contribution >= 0.6 is 0 Å². The average molecular weight is 286 g/mol. The number of aryl methyl sites for hydroxylation is 1. The third-order valence-corrected chi connectivity index (χ3v) is 2.98. The molecule has 0 unspecified atom stereocenters. The lowest BCUT2D eigenvalue weighted by Crippen LogP contribution is -2.18. The van der Waals surface area contributed by atoms with E-state index in [9.17, 15) is 4.79 Å². The number of aromatic nitrogens is 2. The fourth-order valence-corrected chi connectivity index (χ4v) is 1.91. The molecule has 2 heterocycles. The molecule has 3 N–H and O–H groups in total. The van der Waals surface area contributed by atoms with Crippen molar-refractivity contribution in [2.75, 3.05) is 24.3 Å². The summed E-state index contributed by atoms with van der Waals surface area (Å²) in [5, 5.41) is 2.69. The number of amides is 1.